The molecule has 33 heavy (non-hydrogen) atoms. The number of hydrazone groups is 2. The Morgan fingerprint density at radius 3 is 1.52 bits per heavy atom. The molecule has 3 rings (SSSR count). The number of carbonyl (C=O) groups is 2. The number of anilines is 5. The van der Waals surface area contributed by atoms with Crippen molar-refractivity contribution in [1.82, 2.24) is 9.97 Å². The zero-order valence-electron chi connectivity index (χ0n) is 18.0. The molecule has 0 saturated heterocycles. The first kappa shape index (κ1) is 22.9. The maximum atomic E-state index is 11.1. The monoisotopic (exact) mass is 445 g/mol. The third-order valence-electron chi connectivity index (χ3n) is 3.99. The van der Waals surface area contributed by atoms with E-state index in [1.54, 1.807) is 42.8 Å². The molecule has 11 heteroatoms. The molecular weight excluding hydrogens is 422 g/mol. The fourth-order valence-corrected chi connectivity index (χ4v) is 2.64. The molecule has 1 aromatic heterocycles. The number of aromatic nitrogens is 2. The molecule has 0 atom stereocenters. The molecule has 0 saturated carbocycles. The Hall–Kier alpha value is -4.80. The zero-order valence-corrected chi connectivity index (χ0v) is 18.0. The van der Waals surface area contributed by atoms with Crippen molar-refractivity contribution in [2.45, 2.75) is 13.8 Å². The van der Waals surface area contributed by atoms with Gasteiger partial charge in [0.25, 0.3) is 0 Å². The minimum atomic E-state index is -0.131. The van der Waals surface area contributed by atoms with Crippen molar-refractivity contribution in [1.29, 1.82) is 0 Å². The van der Waals surface area contributed by atoms with E-state index in [2.05, 4.69) is 41.7 Å². The molecule has 3 aromatic rings. The minimum absolute atomic E-state index is 0.0484. The van der Waals surface area contributed by atoms with Gasteiger partial charge in [0.15, 0.2) is 11.6 Å². The summed E-state index contributed by atoms with van der Waals surface area (Å²) < 4.78 is 0. The van der Waals surface area contributed by atoms with E-state index < -0.39 is 0 Å². The topological polar surface area (TPSA) is 159 Å². The molecule has 168 valence electrons. The summed E-state index contributed by atoms with van der Waals surface area (Å²) in [5, 5.41) is 13.7. The van der Waals surface area contributed by atoms with Gasteiger partial charge in [0.2, 0.25) is 17.8 Å². The van der Waals surface area contributed by atoms with E-state index >= 15 is 0 Å². The fourth-order valence-electron chi connectivity index (χ4n) is 2.64. The number of nitrogens with two attached hydrogens (primary N) is 1. The quantitative estimate of drug-likeness (QED) is 0.263. The van der Waals surface area contributed by atoms with Crippen LogP contribution < -0.4 is 27.2 Å². The Balaban J connectivity index is 1.57. The number of carbonyl (C=O) groups excluding carboxylic acids is 2. The van der Waals surface area contributed by atoms with E-state index in [0.717, 1.165) is 11.1 Å². The second-order valence-electron chi connectivity index (χ2n) is 6.84. The van der Waals surface area contributed by atoms with Crippen LogP contribution in [0.5, 0.6) is 0 Å². The Bertz CT molecular complexity index is 1080. The fraction of sp³-hybridized carbons (Fsp3) is 0.0909. The maximum Gasteiger partial charge on any atom is 0.224 e. The Kier molecular flexibility index (Phi) is 7.62. The lowest BCUT2D eigenvalue weighted by Gasteiger charge is -2.05. The first-order valence-electron chi connectivity index (χ1n) is 9.85. The molecule has 0 aliphatic rings. The van der Waals surface area contributed by atoms with Crippen LogP contribution >= 0.6 is 0 Å². The van der Waals surface area contributed by atoms with E-state index in [-0.39, 0.29) is 17.8 Å². The van der Waals surface area contributed by atoms with Gasteiger partial charge in [-0.3, -0.25) is 20.4 Å². The number of hydrogen-bond donors (Lipinski definition) is 5. The Labute approximate surface area is 190 Å². The van der Waals surface area contributed by atoms with Gasteiger partial charge in [-0.1, -0.05) is 24.3 Å². The van der Waals surface area contributed by atoms with Crippen LogP contribution in [0.1, 0.15) is 25.0 Å². The van der Waals surface area contributed by atoms with Crippen molar-refractivity contribution in [2.75, 3.05) is 27.2 Å². The predicted molar refractivity (Wildman–Crippen MR) is 130 cm³/mol. The standard InChI is InChI=1S/C22H23N9O2/c1-14(32)26-18-7-3-16(4-8-18)12-24-30-20-11-21(29-22(23)28-20)31-25-13-17-5-9-19(10-6-17)27-15(2)33/h3-13H,1-2H3,(H,26,32)(H,27,33)(H4,23,28,29,30,31)/b24-12+,25-13+. The Morgan fingerprint density at radius 1 is 0.758 bits per heavy atom. The van der Waals surface area contributed by atoms with Gasteiger partial charge in [0.05, 0.1) is 12.4 Å². The highest BCUT2D eigenvalue weighted by Gasteiger charge is 2.01. The molecule has 0 spiro atoms. The number of rotatable bonds is 8. The second kappa shape index (κ2) is 11.0. The lowest BCUT2D eigenvalue weighted by molar-refractivity contribution is -0.115. The van der Waals surface area contributed by atoms with Gasteiger partial charge < -0.3 is 16.4 Å². The number of benzene rings is 2. The van der Waals surface area contributed by atoms with Crippen molar-refractivity contribution in [3.8, 4) is 0 Å². The smallest absolute Gasteiger partial charge is 0.224 e. The number of hydrogen-bond acceptors (Lipinski definition) is 9. The molecule has 0 bridgehead atoms. The normalized spacial score (nSPS) is 10.8. The highest BCUT2D eigenvalue weighted by atomic mass is 16.2. The molecule has 6 N–H and O–H groups in total. The van der Waals surface area contributed by atoms with Crippen LogP contribution in [-0.2, 0) is 9.59 Å². The third-order valence-corrected chi connectivity index (χ3v) is 3.99. The van der Waals surface area contributed by atoms with Crippen LogP contribution in [0.25, 0.3) is 0 Å². The van der Waals surface area contributed by atoms with E-state index in [0.29, 0.717) is 23.0 Å². The molecule has 0 aliphatic carbocycles. The minimum Gasteiger partial charge on any atom is -0.368 e. The van der Waals surface area contributed by atoms with Crippen LogP contribution in [0.15, 0.2) is 64.8 Å². The molecule has 0 fully saturated rings. The number of amides is 2. The zero-order chi connectivity index (χ0) is 23.6. The van der Waals surface area contributed by atoms with Gasteiger partial charge in [-0.05, 0) is 35.4 Å². The summed E-state index contributed by atoms with van der Waals surface area (Å²) in [6.45, 7) is 2.90. The average Bonchev–Trinajstić information content (AvgIpc) is 2.75. The summed E-state index contributed by atoms with van der Waals surface area (Å²) in [5.41, 5.74) is 14.4. The lowest BCUT2D eigenvalue weighted by atomic mass is 10.2. The van der Waals surface area contributed by atoms with Crippen molar-refractivity contribution in [2.24, 2.45) is 10.2 Å². The van der Waals surface area contributed by atoms with Crippen LogP contribution in [0, 0.1) is 0 Å². The van der Waals surface area contributed by atoms with E-state index in [1.165, 1.54) is 13.8 Å². The van der Waals surface area contributed by atoms with E-state index in [4.69, 9.17) is 5.73 Å². The summed E-state index contributed by atoms with van der Waals surface area (Å²) >= 11 is 0. The molecule has 2 aromatic carbocycles. The molecule has 0 aliphatic heterocycles. The molecule has 1 heterocycles. The summed E-state index contributed by atoms with van der Waals surface area (Å²) in [5.74, 6) is 0.547. The number of nitrogens with zero attached hydrogens (tertiary/aromatic N) is 4. The van der Waals surface area contributed by atoms with Crippen LogP contribution in [0.2, 0.25) is 0 Å². The third kappa shape index (κ3) is 7.75. The van der Waals surface area contributed by atoms with Gasteiger partial charge in [0, 0.05) is 31.3 Å². The van der Waals surface area contributed by atoms with Crippen molar-refractivity contribution >= 4 is 53.2 Å². The molecular formula is C22H23N9O2. The average molecular weight is 445 g/mol. The SMILES string of the molecule is CC(=O)Nc1ccc(/C=N/Nc2cc(N/N=C/c3ccc(NC(C)=O)cc3)nc(N)n2)cc1. The largest absolute Gasteiger partial charge is 0.368 e. The van der Waals surface area contributed by atoms with Crippen molar-refractivity contribution in [3.63, 3.8) is 0 Å². The number of nitrogens with one attached hydrogen (secondary N) is 4. The van der Waals surface area contributed by atoms with E-state index in [1.807, 2.05) is 24.3 Å². The van der Waals surface area contributed by atoms with Crippen LogP contribution in [0.4, 0.5) is 29.0 Å². The van der Waals surface area contributed by atoms with Gasteiger partial charge in [0.1, 0.15) is 0 Å². The highest BCUT2D eigenvalue weighted by Crippen LogP contribution is 2.13. The van der Waals surface area contributed by atoms with Crippen molar-refractivity contribution in [3.05, 3.63) is 65.7 Å². The summed E-state index contributed by atoms with van der Waals surface area (Å²) in [4.78, 5) is 30.3. The Morgan fingerprint density at radius 2 is 1.15 bits per heavy atom. The highest BCUT2D eigenvalue weighted by molar-refractivity contribution is 5.90. The summed E-state index contributed by atoms with van der Waals surface area (Å²) in [7, 11) is 0. The van der Waals surface area contributed by atoms with Gasteiger partial charge >= 0.3 is 0 Å². The summed E-state index contributed by atoms with van der Waals surface area (Å²) in [6.07, 6.45) is 3.21. The first-order chi connectivity index (χ1) is 15.9. The maximum absolute atomic E-state index is 11.1. The van der Waals surface area contributed by atoms with Crippen molar-refractivity contribution < 1.29 is 9.59 Å². The molecule has 2 amide bonds. The second-order valence-corrected chi connectivity index (χ2v) is 6.84. The lowest BCUT2D eigenvalue weighted by Crippen LogP contribution is -2.05. The van der Waals surface area contributed by atoms with Crippen LogP contribution in [0.3, 0.4) is 0 Å². The van der Waals surface area contributed by atoms with E-state index in [9.17, 15) is 9.59 Å². The molecule has 0 unspecified atom stereocenters. The van der Waals surface area contributed by atoms with Gasteiger partial charge in [-0.25, -0.2) is 0 Å². The van der Waals surface area contributed by atoms with Gasteiger partial charge in [-0.15, -0.1) is 0 Å². The number of nitrogen functional groups attached to an aromatic ring is 1. The molecule has 0 radical (unpaired) electrons. The first-order valence-corrected chi connectivity index (χ1v) is 9.85. The summed E-state index contributed by atoms with van der Waals surface area (Å²) in [6, 6.07) is 16.0. The van der Waals surface area contributed by atoms with Gasteiger partial charge in [-0.2, -0.15) is 20.2 Å². The van der Waals surface area contributed by atoms with Crippen LogP contribution in [-0.4, -0.2) is 34.2 Å². The molecule has 11 nitrogen and oxygen atoms in total. The predicted octanol–water partition coefficient (Wildman–Crippen LogP) is 2.87.